The van der Waals surface area contributed by atoms with Crippen molar-refractivity contribution in [3.8, 4) is 0 Å². The SMILES string of the molecule is O=C(NCC1(O)CCOCC1)C(=O)Nc1ccccc1F. The average Bonchev–Trinajstić information content (AvgIpc) is 2.48. The molecular formula is C14H17FN2O4. The number of hydrogen-bond donors (Lipinski definition) is 3. The fourth-order valence-electron chi connectivity index (χ4n) is 1.99. The third kappa shape index (κ3) is 4.24. The van der Waals surface area contributed by atoms with E-state index in [9.17, 15) is 19.1 Å². The van der Waals surface area contributed by atoms with Gasteiger partial charge in [-0.05, 0) is 12.1 Å². The lowest BCUT2D eigenvalue weighted by Crippen LogP contribution is -2.48. The van der Waals surface area contributed by atoms with Gasteiger partial charge >= 0.3 is 11.8 Å². The number of halogens is 1. The van der Waals surface area contributed by atoms with Gasteiger partial charge in [-0.3, -0.25) is 9.59 Å². The molecule has 1 saturated heterocycles. The van der Waals surface area contributed by atoms with Gasteiger partial charge in [0.1, 0.15) is 5.82 Å². The van der Waals surface area contributed by atoms with Crippen LogP contribution in [-0.4, -0.2) is 42.3 Å². The normalized spacial score (nSPS) is 17.0. The minimum Gasteiger partial charge on any atom is -0.388 e. The molecule has 6 nitrogen and oxygen atoms in total. The monoisotopic (exact) mass is 296 g/mol. The van der Waals surface area contributed by atoms with Gasteiger partial charge in [0.2, 0.25) is 0 Å². The molecule has 0 spiro atoms. The number of rotatable bonds is 3. The Morgan fingerprint density at radius 2 is 1.90 bits per heavy atom. The predicted molar refractivity (Wildman–Crippen MR) is 73.0 cm³/mol. The van der Waals surface area contributed by atoms with E-state index < -0.39 is 23.2 Å². The summed E-state index contributed by atoms with van der Waals surface area (Å²) in [4.78, 5) is 23.3. The molecule has 114 valence electrons. The topological polar surface area (TPSA) is 87.7 Å². The summed E-state index contributed by atoms with van der Waals surface area (Å²) in [6, 6.07) is 5.55. The van der Waals surface area contributed by atoms with Crippen molar-refractivity contribution in [3.63, 3.8) is 0 Å². The lowest BCUT2D eigenvalue weighted by atomic mass is 9.94. The Hall–Kier alpha value is -1.99. The van der Waals surface area contributed by atoms with Crippen molar-refractivity contribution >= 4 is 17.5 Å². The van der Waals surface area contributed by atoms with E-state index in [0.29, 0.717) is 26.1 Å². The molecule has 2 amide bonds. The number of ether oxygens (including phenoxy) is 1. The van der Waals surface area contributed by atoms with E-state index in [0.717, 1.165) is 0 Å². The molecular weight excluding hydrogens is 279 g/mol. The van der Waals surface area contributed by atoms with Crippen LogP contribution in [-0.2, 0) is 14.3 Å². The molecule has 0 aliphatic carbocycles. The van der Waals surface area contributed by atoms with Crippen LogP contribution in [0.5, 0.6) is 0 Å². The highest BCUT2D eigenvalue weighted by Gasteiger charge is 2.31. The van der Waals surface area contributed by atoms with E-state index >= 15 is 0 Å². The summed E-state index contributed by atoms with van der Waals surface area (Å²) in [5, 5.41) is 14.7. The second kappa shape index (κ2) is 6.64. The standard InChI is InChI=1S/C14H17FN2O4/c15-10-3-1-2-4-11(10)17-13(19)12(18)16-9-14(20)5-7-21-8-6-14/h1-4,20H,5-9H2,(H,16,18)(H,17,19). The molecule has 0 atom stereocenters. The van der Waals surface area contributed by atoms with Crippen molar-refractivity contribution in [1.29, 1.82) is 0 Å². The van der Waals surface area contributed by atoms with Gasteiger partial charge in [0.15, 0.2) is 0 Å². The number of nitrogens with one attached hydrogen (secondary N) is 2. The van der Waals surface area contributed by atoms with E-state index in [1.807, 2.05) is 0 Å². The summed E-state index contributed by atoms with van der Waals surface area (Å²) in [5.41, 5.74) is -1.13. The number of benzene rings is 1. The average molecular weight is 296 g/mol. The van der Waals surface area contributed by atoms with Gasteiger partial charge in [-0.2, -0.15) is 0 Å². The number of anilines is 1. The maximum Gasteiger partial charge on any atom is 0.313 e. The maximum absolute atomic E-state index is 13.4. The van der Waals surface area contributed by atoms with Gasteiger partial charge in [0, 0.05) is 32.6 Å². The molecule has 0 unspecified atom stereocenters. The number of carbonyl (C=O) groups excluding carboxylic acids is 2. The molecule has 0 saturated carbocycles. The second-order valence-corrected chi connectivity index (χ2v) is 4.95. The van der Waals surface area contributed by atoms with Crippen molar-refractivity contribution in [3.05, 3.63) is 30.1 Å². The van der Waals surface area contributed by atoms with Crippen molar-refractivity contribution in [2.45, 2.75) is 18.4 Å². The summed E-state index contributed by atoms with van der Waals surface area (Å²) < 4.78 is 18.5. The summed E-state index contributed by atoms with van der Waals surface area (Å²) in [5.74, 6) is -2.52. The zero-order valence-electron chi connectivity index (χ0n) is 11.4. The van der Waals surface area contributed by atoms with Crippen LogP contribution in [0.3, 0.4) is 0 Å². The Bertz CT molecular complexity index is 529. The van der Waals surface area contributed by atoms with E-state index in [4.69, 9.17) is 4.74 Å². The number of aliphatic hydroxyl groups is 1. The van der Waals surface area contributed by atoms with Crippen LogP contribution in [0.1, 0.15) is 12.8 Å². The molecule has 1 aromatic rings. The molecule has 3 N–H and O–H groups in total. The third-order valence-electron chi connectivity index (χ3n) is 3.33. The molecule has 21 heavy (non-hydrogen) atoms. The minimum absolute atomic E-state index is 0.0418. The van der Waals surface area contributed by atoms with E-state index in [2.05, 4.69) is 10.6 Å². The van der Waals surface area contributed by atoms with Gasteiger partial charge in [0.25, 0.3) is 0 Å². The van der Waals surface area contributed by atoms with E-state index in [1.165, 1.54) is 18.2 Å². The van der Waals surface area contributed by atoms with Crippen LogP contribution in [0.2, 0.25) is 0 Å². The molecule has 1 fully saturated rings. The third-order valence-corrected chi connectivity index (χ3v) is 3.33. The fourth-order valence-corrected chi connectivity index (χ4v) is 1.99. The highest BCUT2D eigenvalue weighted by atomic mass is 19.1. The first-order valence-corrected chi connectivity index (χ1v) is 6.64. The van der Waals surface area contributed by atoms with Crippen molar-refractivity contribution in [2.75, 3.05) is 25.1 Å². The first-order valence-electron chi connectivity index (χ1n) is 6.64. The van der Waals surface area contributed by atoms with Crippen LogP contribution in [0, 0.1) is 5.82 Å². The van der Waals surface area contributed by atoms with Crippen LogP contribution in [0.25, 0.3) is 0 Å². The zero-order chi connectivity index (χ0) is 15.3. The number of hydrogen-bond acceptors (Lipinski definition) is 4. The van der Waals surface area contributed by atoms with Crippen LogP contribution in [0.15, 0.2) is 24.3 Å². The molecule has 2 rings (SSSR count). The molecule has 0 aromatic heterocycles. The van der Waals surface area contributed by atoms with Crippen LogP contribution < -0.4 is 10.6 Å². The molecule has 1 aliphatic rings. The Balaban J connectivity index is 1.85. The van der Waals surface area contributed by atoms with Gasteiger partial charge < -0.3 is 20.5 Å². The number of para-hydroxylation sites is 1. The highest BCUT2D eigenvalue weighted by molar-refractivity contribution is 6.39. The Labute approximate surface area is 121 Å². The lowest BCUT2D eigenvalue weighted by molar-refractivity contribution is -0.137. The molecule has 0 radical (unpaired) electrons. The summed E-state index contributed by atoms with van der Waals surface area (Å²) >= 11 is 0. The molecule has 1 aliphatic heterocycles. The van der Waals surface area contributed by atoms with E-state index in [1.54, 1.807) is 6.07 Å². The zero-order valence-corrected chi connectivity index (χ0v) is 11.4. The first-order chi connectivity index (χ1) is 10.0. The highest BCUT2D eigenvalue weighted by Crippen LogP contribution is 2.19. The molecule has 1 aromatic carbocycles. The van der Waals surface area contributed by atoms with Crippen LogP contribution >= 0.6 is 0 Å². The Kier molecular flexibility index (Phi) is 4.87. The van der Waals surface area contributed by atoms with Crippen molar-refractivity contribution < 1.29 is 23.8 Å². The molecule has 7 heteroatoms. The number of carbonyl (C=O) groups is 2. The minimum atomic E-state index is -1.06. The fraction of sp³-hybridized carbons (Fsp3) is 0.429. The lowest BCUT2D eigenvalue weighted by Gasteiger charge is -2.31. The largest absolute Gasteiger partial charge is 0.388 e. The maximum atomic E-state index is 13.4. The second-order valence-electron chi connectivity index (χ2n) is 4.95. The Morgan fingerprint density at radius 1 is 1.24 bits per heavy atom. The smallest absolute Gasteiger partial charge is 0.313 e. The van der Waals surface area contributed by atoms with E-state index in [-0.39, 0.29) is 12.2 Å². The Morgan fingerprint density at radius 3 is 2.57 bits per heavy atom. The summed E-state index contributed by atoms with van der Waals surface area (Å²) in [6.45, 7) is 0.779. The van der Waals surface area contributed by atoms with Crippen molar-refractivity contribution in [2.24, 2.45) is 0 Å². The van der Waals surface area contributed by atoms with Gasteiger partial charge in [-0.15, -0.1) is 0 Å². The number of amides is 2. The van der Waals surface area contributed by atoms with Crippen molar-refractivity contribution in [1.82, 2.24) is 5.32 Å². The predicted octanol–water partition coefficient (Wildman–Crippen LogP) is 0.422. The molecule has 0 bridgehead atoms. The summed E-state index contributed by atoms with van der Waals surface area (Å²) in [7, 11) is 0. The van der Waals surface area contributed by atoms with Gasteiger partial charge in [-0.1, -0.05) is 12.1 Å². The van der Waals surface area contributed by atoms with Gasteiger partial charge in [-0.25, -0.2) is 4.39 Å². The summed E-state index contributed by atoms with van der Waals surface area (Å²) in [6.07, 6.45) is 0.782. The van der Waals surface area contributed by atoms with Crippen LogP contribution in [0.4, 0.5) is 10.1 Å². The quantitative estimate of drug-likeness (QED) is 0.706. The van der Waals surface area contributed by atoms with Gasteiger partial charge in [0.05, 0.1) is 11.3 Å². The first kappa shape index (κ1) is 15.4. The molecule has 1 heterocycles.